The highest BCUT2D eigenvalue weighted by atomic mass is 32.2. The predicted molar refractivity (Wildman–Crippen MR) is 157 cm³/mol. The summed E-state index contributed by atoms with van der Waals surface area (Å²) in [5.74, 6) is 0.116. The van der Waals surface area contributed by atoms with E-state index in [0.717, 1.165) is 47.4 Å². The molecule has 1 aliphatic rings. The highest BCUT2D eigenvalue weighted by molar-refractivity contribution is 7.98. The van der Waals surface area contributed by atoms with Gasteiger partial charge >= 0.3 is 0 Å². The highest BCUT2D eigenvalue weighted by Gasteiger charge is 2.27. The lowest BCUT2D eigenvalue weighted by atomic mass is 10.1. The molecular weight excluding hydrogens is 532 g/mol. The third-order valence-electron chi connectivity index (χ3n) is 6.39. The summed E-state index contributed by atoms with van der Waals surface area (Å²) in [6.45, 7) is 4.55. The molecule has 1 aliphatic heterocycles. The van der Waals surface area contributed by atoms with Gasteiger partial charge < -0.3 is 4.74 Å². The lowest BCUT2D eigenvalue weighted by molar-refractivity contribution is -0.119. The van der Waals surface area contributed by atoms with Crippen LogP contribution in [0.4, 0.5) is 5.69 Å². The van der Waals surface area contributed by atoms with Crippen LogP contribution >= 0.6 is 11.8 Å². The smallest absolute Gasteiger partial charge is 0.264 e. The Hall–Kier alpha value is -3.34. The van der Waals surface area contributed by atoms with Gasteiger partial charge in [-0.1, -0.05) is 30.3 Å². The normalized spacial score (nSPS) is 14.1. The lowest BCUT2D eigenvalue weighted by Gasteiger charge is -2.27. The first-order valence-electron chi connectivity index (χ1n) is 12.9. The number of hydrazone groups is 1. The minimum absolute atomic E-state index is 0.110. The molecule has 0 spiro atoms. The number of hydrogen-bond donors (Lipinski definition) is 1. The van der Waals surface area contributed by atoms with Gasteiger partial charge in [0.05, 0.1) is 17.2 Å². The predicted octanol–water partition coefficient (Wildman–Crippen LogP) is 4.77. The van der Waals surface area contributed by atoms with Gasteiger partial charge in [-0.2, -0.15) is 5.10 Å². The van der Waals surface area contributed by atoms with Gasteiger partial charge in [0.25, 0.3) is 15.9 Å². The first-order valence-corrected chi connectivity index (χ1v) is 15.6. The van der Waals surface area contributed by atoms with Crippen LogP contribution in [0.1, 0.15) is 25.3 Å². The van der Waals surface area contributed by atoms with Crippen molar-refractivity contribution in [1.82, 2.24) is 10.3 Å². The van der Waals surface area contributed by atoms with Gasteiger partial charge in [-0.15, -0.1) is 11.8 Å². The molecule has 0 aliphatic carbocycles. The van der Waals surface area contributed by atoms with Crippen LogP contribution in [0.25, 0.3) is 0 Å². The van der Waals surface area contributed by atoms with E-state index in [1.165, 1.54) is 17.3 Å². The Labute approximate surface area is 235 Å². The molecule has 3 aromatic carbocycles. The topological polar surface area (TPSA) is 91.3 Å². The van der Waals surface area contributed by atoms with Crippen molar-refractivity contribution in [1.29, 1.82) is 0 Å². The molecule has 1 saturated heterocycles. The number of nitrogens with one attached hydrogen (secondary N) is 1. The van der Waals surface area contributed by atoms with Crippen molar-refractivity contribution >= 4 is 39.1 Å². The summed E-state index contributed by atoms with van der Waals surface area (Å²) in [6, 6.07) is 23.6. The van der Waals surface area contributed by atoms with Gasteiger partial charge in [0.2, 0.25) is 0 Å². The number of hydrogen-bond acceptors (Lipinski definition) is 7. The maximum absolute atomic E-state index is 13.6. The standard InChI is InChI=1S/C29H34N4O4S2/c1-3-37-26-11-9-25(10-12-26)33(39(35,36)28-15-13-27(38-2)14-16-28)22-29(34)31-30-24-17-19-32(20-18-24)21-23-7-5-4-6-8-23/h4-16H,3,17-22H2,1-2H3,(H,31,34). The van der Waals surface area contributed by atoms with Crippen molar-refractivity contribution in [3.05, 3.63) is 84.4 Å². The minimum atomic E-state index is -4.01. The molecule has 0 atom stereocenters. The zero-order chi connectivity index (χ0) is 27.7. The van der Waals surface area contributed by atoms with Crippen LogP contribution in [-0.2, 0) is 21.4 Å². The Morgan fingerprint density at radius 1 is 1.00 bits per heavy atom. The van der Waals surface area contributed by atoms with E-state index in [1.54, 1.807) is 48.5 Å². The van der Waals surface area contributed by atoms with Gasteiger partial charge in [0.1, 0.15) is 12.3 Å². The molecule has 0 radical (unpaired) electrons. The second-order valence-electron chi connectivity index (χ2n) is 9.09. The second-order valence-corrected chi connectivity index (χ2v) is 11.8. The number of likely N-dealkylation sites (tertiary alicyclic amines) is 1. The summed E-state index contributed by atoms with van der Waals surface area (Å²) >= 11 is 1.53. The van der Waals surface area contributed by atoms with Crippen LogP contribution in [0.5, 0.6) is 5.75 Å². The average Bonchev–Trinajstić information content (AvgIpc) is 2.97. The Bertz CT molecular complexity index is 1350. The monoisotopic (exact) mass is 566 g/mol. The Balaban J connectivity index is 1.44. The molecule has 0 saturated carbocycles. The quantitative estimate of drug-likeness (QED) is 0.266. The van der Waals surface area contributed by atoms with E-state index in [0.29, 0.717) is 18.0 Å². The van der Waals surface area contributed by atoms with Crippen LogP contribution in [0.3, 0.4) is 0 Å². The SMILES string of the molecule is CCOc1ccc(N(CC(=O)NN=C2CCN(Cc3ccccc3)CC2)S(=O)(=O)c2ccc(SC)cc2)cc1. The maximum atomic E-state index is 13.6. The van der Waals surface area contributed by atoms with Crippen molar-refractivity contribution < 1.29 is 17.9 Å². The van der Waals surface area contributed by atoms with Gasteiger partial charge in [0.15, 0.2) is 0 Å². The third kappa shape index (κ3) is 7.84. The van der Waals surface area contributed by atoms with Gasteiger partial charge in [-0.05, 0) is 67.3 Å². The number of ether oxygens (including phenoxy) is 1. The van der Waals surface area contributed by atoms with E-state index in [2.05, 4.69) is 27.6 Å². The third-order valence-corrected chi connectivity index (χ3v) is 8.92. The fraction of sp³-hybridized carbons (Fsp3) is 0.310. The number of benzene rings is 3. The summed E-state index contributed by atoms with van der Waals surface area (Å²) in [7, 11) is -4.01. The van der Waals surface area contributed by atoms with Crippen molar-refractivity contribution in [2.24, 2.45) is 5.10 Å². The molecule has 3 aromatic rings. The molecule has 4 rings (SSSR count). The summed E-state index contributed by atoms with van der Waals surface area (Å²) in [5.41, 5.74) is 5.12. The maximum Gasteiger partial charge on any atom is 0.264 e. The van der Waals surface area contributed by atoms with E-state index in [4.69, 9.17) is 4.74 Å². The molecule has 206 valence electrons. The summed E-state index contributed by atoms with van der Waals surface area (Å²) < 4.78 is 33.9. The van der Waals surface area contributed by atoms with Crippen LogP contribution in [0.15, 0.2) is 93.8 Å². The Morgan fingerprint density at radius 3 is 2.28 bits per heavy atom. The van der Waals surface area contributed by atoms with Crippen molar-refractivity contribution in [3.8, 4) is 5.75 Å². The fourth-order valence-electron chi connectivity index (χ4n) is 4.30. The summed E-state index contributed by atoms with van der Waals surface area (Å²) in [5, 5.41) is 4.33. The number of amides is 1. The van der Waals surface area contributed by atoms with Crippen LogP contribution in [-0.4, -0.2) is 57.4 Å². The largest absolute Gasteiger partial charge is 0.494 e. The summed E-state index contributed by atoms with van der Waals surface area (Å²) in [6.07, 6.45) is 3.42. The number of sulfonamides is 1. The Morgan fingerprint density at radius 2 is 1.67 bits per heavy atom. The minimum Gasteiger partial charge on any atom is -0.494 e. The van der Waals surface area contributed by atoms with E-state index >= 15 is 0 Å². The molecule has 39 heavy (non-hydrogen) atoms. The first kappa shape index (κ1) is 28.7. The fourth-order valence-corrected chi connectivity index (χ4v) is 6.12. The number of thioether (sulfide) groups is 1. The molecule has 0 unspecified atom stereocenters. The number of carbonyl (C=O) groups is 1. The molecule has 0 bridgehead atoms. The van der Waals surface area contributed by atoms with Crippen molar-refractivity contribution in [2.75, 3.05) is 36.8 Å². The number of piperidine rings is 1. The van der Waals surface area contributed by atoms with Gasteiger partial charge in [-0.25, -0.2) is 13.8 Å². The number of anilines is 1. The Kier molecular flexibility index (Phi) is 10.0. The van der Waals surface area contributed by atoms with Crippen molar-refractivity contribution in [2.45, 2.75) is 36.1 Å². The number of nitrogens with zero attached hydrogens (tertiary/aromatic N) is 3. The molecular formula is C29H34N4O4S2. The molecule has 10 heteroatoms. The lowest BCUT2D eigenvalue weighted by Crippen LogP contribution is -2.40. The van der Waals surface area contributed by atoms with Crippen LogP contribution in [0, 0.1) is 0 Å². The first-order chi connectivity index (χ1) is 18.9. The zero-order valence-electron chi connectivity index (χ0n) is 22.2. The van der Waals surface area contributed by atoms with E-state index in [-0.39, 0.29) is 4.90 Å². The van der Waals surface area contributed by atoms with E-state index in [1.807, 2.05) is 31.4 Å². The van der Waals surface area contributed by atoms with Gasteiger partial charge in [-0.3, -0.25) is 14.0 Å². The van der Waals surface area contributed by atoms with Crippen molar-refractivity contribution in [3.63, 3.8) is 0 Å². The van der Waals surface area contributed by atoms with Crippen LogP contribution < -0.4 is 14.5 Å². The number of carbonyl (C=O) groups excluding carboxylic acids is 1. The summed E-state index contributed by atoms with van der Waals surface area (Å²) in [4.78, 5) is 16.4. The van der Waals surface area contributed by atoms with Crippen LogP contribution in [0.2, 0.25) is 0 Å². The van der Waals surface area contributed by atoms with Gasteiger partial charge in [0, 0.05) is 43.1 Å². The average molecular weight is 567 g/mol. The second kappa shape index (κ2) is 13.6. The molecule has 0 aromatic heterocycles. The molecule has 1 N–H and O–H groups in total. The highest BCUT2D eigenvalue weighted by Crippen LogP contribution is 2.27. The van der Waals surface area contributed by atoms with E-state index in [9.17, 15) is 13.2 Å². The molecule has 1 amide bonds. The molecule has 1 fully saturated rings. The number of rotatable bonds is 11. The molecule has 8 nitrogen and oxygen atoms in total. The zero-order valence-corrected chi connectivity index (χ0v) is 23.9. The van der Waals surface area contributed by atoms with E-state index < -0.39 is 22.5 Å². The molecule has 1 heterocycles.